The normalized spacial score (nSPS) is 10.6. The number of nitrogens with two attached hydrogens (primary N) is 1. The van der Waals surface area contributed by atoms with E-state index in [2.05, 4.69) is 15.6 Å². The Morgan fingerprint density at radius 2 is 2.19 bits per heavy atom. The summed E-state index contributed by atoms with van der Waals surface area (Å²) in [7, 11) is 1.61. The summed E-state index contributed by atoms with van der Waals surface area (Å²) >= 11 is 1.21. The van der Waals surface area contributed by atoms with Gasteiger partial charge in [-0.3, -0.25) is 4.79 Å². The number of anilines is 2. The van der Waals surface area contributed by atoms with Crippen molar-refractivity contribution in [2.75, 3.05) is 57.7 Å². The molecule has 1 amide bonds. The van der Waals surface area contributed by atoms with Crippen molar-refractivity contribution in [3.8, 4) is 0 Å². The molecule has 0 radical (unpaired) electrons. The van der Waals surface area contributed by atoms with Crippen LogP contribution in [0.25, 0.3) is 0 Å². The smallest absolute Gasteiger partial charge is 0.265 e. The number of nitrogens with zero attached hydrogens (tertiary/aromatic N) is 1. The van der Waals surface area contributed by atoms with Crippen molar-refractivity contribution in [2.45, 2.75) is 6.42 Å². The SMILES string of the molecule is COCCNc1nc(N)c(C(=O)NCCCOCCO)s1. The van der Waals surface area contributed by atoms with E-state index in [1.54, 1.807) is 7.11 Å². The van der Waals surface area contributed by atoms with Crippen molar-refractivity contribution in [3.05, 3.63) is 4.88 Å². The van der Waals surface area contributed by atoms with Crippen molar-refractivity contribution in [1.29, 1.82) is 0 Å². The van der Waals surface area contributed by atoms with E-state index >= 15 is 0 Å². The molecule has 1 aromatic heterocycles. The highest BCUT2D eigenvalue weighted by molar-refractivity contribution is 7.18. The van der Waals surface area contributed by atoms with Gasteiger partial charge >= 0.3 is 0 Å². The Morgan fingerprint density at radius 1 is 1.38 bits per heavy atom. The van der Waals surface area contributed by atoms with Gasteiger partial charge < -0.3 is 30.9 Å². The van der Waals surface area contributed by atoms with Crippen LogP contribution in [0, 0.1) is 0 Å². The lowest BCUT2D eigenvalue weighted by atomic mass is 10.4. The number of thiazole rings is 1. The molecular formula is C12H22N4O4S. The molecule has 0 aliphatic rings. The summed E-state index contributed by atoms with van der Waals surface area (Å²) in [4.78, 5) is 16.4. The zero-order valence-electron chi connectivity index (χ0n) is 12.1. The standard InChI is InChI=1S/C12H22N4O4S/c1-19-7-4-15-12-16-10(13)9(21-12)11(18)14-3-2-6-20-8-5-17/h17H,2-8,13H2,1H3,(H,14,18)(H,15,16). The Balaban J connectivity index is 2.32. The quantitative estimate of drug-likeness (QED) is 0.421. The summed E-state index contributed by atoms with van der Waals surface area (Å²) in [6.45, 7) is 2.44. The van der Waals surface area contributed by atoms with Gasteiger partial charge in [-0.25, -0.2) is 4.98 Å². The lowest BCUT2D eigenvalue weighted by molar-refractivity contribution is 0.0869. The van der Waals surface area contributed by atoms with Gasteiger partial charge in [0.1, 0.15) is 10.7 Å². The molecule has 0 unspecified atom stereocenters. The summed E-state index contributed by atoms with van der Waals surface area (Å²) in [5.41, 5.74) is 5.73. The highest BCUT2D eigenvalue weighted by atomic mass is 32.1. The van der Waals surface area contributed by atoms with Gasteiger partial charge in [-0.05, 0) is 6.42 Å². The predicted molar refractivity (Wildman–Crippen MR) is 81.7 cm³/mol. The topological polar surface area (TPSA) is 119 Å². The van der Waals surface area contributed by atoms with E-state index in [4.69, 9.17) is 20.3 Å². The van der Waals surface area contributed by atoms with Crippen LogP contribution in [0.4, 0.5) is 10.9 Å². The van der Waals surface area contributed by atoms with Crippen LogP contribution >= 0.6 is 11.3 Å². The van der Waals surface area contributed by atoms with Gasteiger partial charge in [0.05, 0.1) is 19.8 Å². The second-order valence-electron chi connectivity index (χ2n) is 4.10. The fraction of sp³-hybridized carbons (Fsp3) is 0.667. The molecule has 5 N–H and O–H groups in total. The molecule has 1 rings (SSSR count). The third-order valence-electron chi connectivity index (χ3n) is 2.43. The molecule has 0 aromatic carbocycles. The first-order valence-corrected chi connectivity index (χ1v) is 7.46. The Bertz CT molecular complexity index is 427. The molecular weight excluding hydrogens is 296 g/mol. The summed E-state index contributed by atoms with van der Waals surface area (Å²) in [5.74, 6) is -0.0269. The van der Waals surface area contributed by atoms with Gasteiger partial charge in [-0.1, -0.05) is 11.3 Å². The lowest BCUT2D eigenvalue weighted by Gasteiger charge is -2.04. The van der Waals surface area contributed by atoms with Crippen molar-refractivity contribution in [2.24, 2.45) is 0 Å². The number of carbonyl (C=O) groups is 1. The van der Waals surface area contributed by atoms with Gasteiger partial charge in [-0.15, -0.1) is 0 Å². The Hall–Kier alpha value is -1.42. The zero-order chi connectivity index (χ0) is 15.5. The maximum absolute atomic E-state index is 11.9. The highest BCUT2D eigenvalue weighted by Crippen LogP contribution is 2.24. The van der Waals surface area contributed by atoms with Crippen LogP contribution < -0.4 is 16.4 Å². The number of carbonyl (C=O) groups excluding carboxylic acids is 1. The number of aliphatic hydroxyl groups is 1. The molecule has 1 heterocycles. The van der Waals surface area contributed by atoms with E-state index in [9.17, 15) is 4.79 Å². The number of rotatable bonds is 11. The van der Waals surface area contributed by atoms with Crippen LogP contribution in [0.1, 0.15) is 16.1 Å². The molecule has 0 fully saturated rings. The second kappa shape index (κ2) is 10.3. The number of ether oxygens (including phenoxy) is 2. The molecule has 0 aliphatic heterocycles. The summed E-state index contributed by atoms with van der Waals surface area (Å²) in [6.07, 6.45) is 0.670. The minimum absolute atomic E-state index is 0.00258. The summed E-state index contributed by atoms with van der Waals surface area (Å²) in [5, 5.41) is 14.9. The number of hydrogen-bond donors (Lipinski definition) is 4. The van der Waals surface area contributed by atoms with Crippen molar-refractivity contribution in [3.63, 3.8) is 0 Å². The molecule has 0 saturated carbocycles. The van der Waals surface area contributed by atoms with E-state index < -0.39 is 0 Å². The molecule has 0 saturated heterocycles. The largest absolute Gasteiger partial charge is 0.394 e. The van der Waals surface area contributed by atoms with Crippen LogP contribution in [-0.2, 0) is 9.47 Å². The maximum Gasteiger partial charge on any atom is 0.265 e. The second-order valence-corrected chi connectivity index (χ2v) is 5.10. The first kappa shape index (κ1) is 17.6. The van der Waals surface area contributed by atoms with Crippen molar-refractivity contribution in [1.82, 2.24) is 10.3 Å². The molecule has 8 nitrogen and oxygen atoms in total. The fourth-order valence-corrected chi connectivity index (χ4v) is 2.28. The van der Waals surface area contributed by atoms with Crippen LogP contribution in [-0.4, -0.2) is 62.6 Å². The number of nitrogen functional groups attached to an aromatic ring is 1. The maximum atomic E-state index is 11.9. The zero-order valence-corrected chi connectivity index (χ0v) is 12.9. The van der Waals surface area contributed by atoms with Crippen LogP contribution in [0.5, 0.6) is 0 Å². The molecule has 120 valence electrons. The van der Waals surface area contributed by atoms with Crippen molar-refractivity contribution < 1.29 is 19.4 Å². The van der Waals surface area contributed by atoms with E-state index in [0.29, 0.717) is 49.3 Å². The number of amides is 1. The average Bonchev–Trinajstić information content (AvgIpc) is 2.84. The summed E-state index contributed by atoms with van der Waals surface area (Å²) in [6, 6.07) is 0. The van der Waals surface area contributed by atoms with Crippen molar-refractivity contribution >= 4 is 28.2 Å². The molecule has 9 heteroatoms. The monoisotopic (exact) mass is 318 g/mol. The van der Waals surface area contributed by atoms with E-state index in [1.165, 1.54) is 11.3 Å². The van der Waals surface area contributed by atoms with Crippen LogP contribution in [0.2, 0.25) is 0 Å². The molecule has 0 spiro atoms. The Labute approximate surface area is 127 Å². The van der Waals surface area contributed by atoms with Gasteiger partial charge in [0.15, 0.2) is 5.13 Å². The van der Waals surface area contributed by atoms with Gasteiger partial charge in [0.25, 0.3) is 5.91 Å². The third-order valence-corrected chi connectivity index (χ3v) is 3.46. The minimum Gasteiger partial charge on any atom is -0.394 e. The predicted octanol–water partition coefficient (Wildman–Crippen LogP) is -0.0876. The highest BCUT2D eigenvalue weighted by Gasteiger charge is 2.15. The van der Waals surface area contributed by atoms with Crippen LogP contribution in [0.15, 0.2) is 0 Å². The number of aliphatic hydroxyl groups excluding tert-OH is 1. The number of methoxy groups -OCH3 is 1. The lowest BCUT2D eigenvalue weighted by Crippen LogP contribution is -2.25. The first-order chi connectivity index (χ1) is 10.2. The van der Waals surface area contributed by atoms with Gasteiger partial charge in [0.2, 0.25) is 0 Å². The fourth-order valence-electron chi connectivity index (χ4n) is 1.45. The van der Waals surface area contributed by atoms with Gasteiger partial charge in [0, 0.05) is 26.8 Å². The average molecular weight is 318 g/mol. The molecule has 0 atom stereocenters. The van der Waals surface area contributed by atoms with E-state index in [1.807, 2.05) is 0 Å². The van der Waals surface area contributed by atoms with Crippen LogP contribution in [0.3, 0.4) is 0 Å². The van der Waals surface area contributed by atoms with Gasteiger partial charge in [-0.2, -0.15) is 0 Å². The molecule has 21 heavy (non-hydrogen) atoms. The first-order valence-electron chi connectivity index (χ1n) is 6.65. The summed E-state index contributed by atoms with van der Waals surface area (Å²) < 4.78 is 10.0. The molecule has 0 aliphatic carbocycles. The van der Waals surface area contributed by atoms with E-state index in [0.717, 1.165) is 0 Å². The Kier molecular flexibility index (Phi) is 8.67. The molecule has 0 bridgehead atoms. The number of hydrogen-bond acceptors (Lipinski definition) is 8. The number of nitrogens with one attached hydrogen (secondary N) is 2. The Morgan fingerprint density at radius 3 is 2.90 bits per heavy atom. The third kappa shape index (κ3) is 6.71. The van der Waals surface area contributed by atoms with E-state index in [-0.39, 0.29) is 18.3 Å². The minimum atomic E-state index is -0.244. The number of aromatic nitrogens is 1. The molecule has 1 aromatic rings.